The lowest BCUT2D eigenvalue weighted by Gasteiger charge is -2.07. The molecule has 1 aromatic heterocycles. The van der Waals surface area contributed by atoms with Crippen LogP contribution in [0.5, 0.6) is 0 Å². The summed E-state index contributed by atoms with van der Waals surface area (Å²) >= 11 is 0. The summed E-state index contributed by atoms with van der Waals surface area (Å²) in [6.45, 7) is 0. The Bertz CT molecular complexity index is 864. The minimum atomic E-state index is -4.88. The van der Waals surface area contributed by atoms with Gasteiger partial charge in [-0.1, -0.05) is 0 Å². The van der Waals surface area contributed by atoms with Crippen molar-refractivity contribution in [3.63, 3.8) is 0 Å². The number of halogens is 1. The first-order chi connectivity index (χ1) is 8.23. The Balaban J connectivity index is 3.05. The van der Waals surface area contributed by atoms with Crippen molar-refractivity contribution < 1.29 is 12.3 Å². The zero-order valence-corrected chi connectivity index (χ0v) is 10.4. The molecule has 6 nitrogen and oxygen atoms in total. The van der Waals surface area contributed by atoms with E-state index in [2.05, 4.69) is 0 Å². The van der Waals surface area contributed by atoms with Crippen LogP contribution >= 0.6 is 0 Å². The first-order valence-corrected chi connectivity index (χ1v) is 6.26. The summed E-state index contributed by atoms with van der Waals surface area (Å²) in [6.07, 6.45) is 0. The van der Waals surface area contributed by atoms with E-state index < -0.39 is 26.4 Å². The minimum absolute atomic E-state index is 0.0293. The largest absolute Gasteiger partial charge is 0.332 e. The molecule has 18 heavy (non-hydrogen) atoms. The molecule has 0 N–H and O–H groups in total. The molecular formula is C10H9FN2O4S. The van der Waals surface area contributed by atoms with Gasteiger partial charge in [-0.15, -0.1) is 3.89 Å². The van der Waals surface area contributed by atoms with E-state index in [9.17, 15) is 21.9 Å². The summed E-state index contributed by atoms with van der Waals surface area (Å²) in [7, 11) is -2.18. The smallest absolute Gasteiger partial charge is 0.296 e. The standard InChI is InChI=1S/C10H9FN2O4S/c1-12-8-4-3-6(18(11,16)17)5-7(8)9(14)13(2)10(12)15/h3-5H,1-2H3. The van der Waals surface area contributed by atoms with Crippen LogP contribution in [0.2, 0.25) is 0 Å². The molecule has 0 aliphatic carbocycles. The zero-order chi connectivity index (χ0) is 13.7. The molecule has 0 atom stereocenters. The van der Waals surface area contributed by atoms with Crippen molar-refractivity contribution in [2.24, 2.45) is 14.1 Å². The Morgan fingerprint density at radius 3 is 2.28 bits per heavy atom. The van der Waals surface area contributed by atoms with Crippen LogP contribution in [0.15, 0.2) is 32.7 Å². The highest BCUT2D eigenvalue weighted by atomic mass is 32.3. The second-order valence-electron chi connectivity index (χ2n) is 3.82. The van der Waals surface area contributed by atoms with E-state index >= 15 is 0 Å². The molecule has 0 fully saturated rings. The number of aromatic nitrogens is 2. The highest BCUT2D eigenvalue weighted by molar-refractivity contribution is 7.86. The van der Waals surface area contributed by atoms with Gasteiger partial charge >= 0.3 is 15.9 Å². The van der Waals surface area contributed by atoms with Crippen molar-refractivity contribution >= 4 is 21.1 Å². The second kappa shape index (κ2) is 3.77. The van der Waals surface area contributed by atoms with Crippen LogP contribution < -0.4 is 11.2 Å². The molecule has 1 heterocycles. The average Bonchev–Trinajstić information content (AvgIpc) is 2.32. The Morgan fingerprint density at radius 1 is 1.11 bits per heavy atom. The fraction of sp³-hybridized carbons (Fsp3) is 0.200. The van der Waals surface area contributed by atoms with Crippen molar-refractivity contribution in [2.75, 3.05) is 0 Å². The second-order valence-corrected chi connectivity index (χ2v) is 5.17. The van der Waals surface area contributed by atoms with Gasteiger partial charge in [-0.3, -0.25) is 13.9 Å². The predicted octanol–water partition coefficient (Wildman–Crippen LogP) is -0.105. The Hall–Kier alpha value is -1.96. The molecule has 0 aliphatic rings. The van der Waals surface area contributed by atoms with Gasteiger partial charge in [0.25, 0.3) is 5.56 Å². The average molecular weight is 272 g/mol. The van der Waals surface area contributed by atoms with E-state index in [1.807, 2.05) is 0 Å². The van der Waals surface area contributed by atoms with Crippen molar-refractivity contribution in [1.82, 2.24) is 9.13 Å². The molecular weight excluding hydrogens is 263 g/mol. The lowest BCUT2D eigenvalue weighted by Crippen LogP contribution is -2.36. The molecule has 0 aliphatic heterocycles. The van der Waals surface area contributed by atoms with Gasteiger partial charge in [0.1, 0.15) is 0 Å². The minimum Gasteiger partial charge on any atom is -0.296 e. The lowest BCUT2D eigenvalue weighted by molar-refractivity contribution is 0.552. The molecule has 0 saturated heterocycles. The Kier molecular flexibility index (Phi) is 2.62. The maximum absolute atomic E-state index is 12.9. The zero-order valence-electron chi connectivity index (χ0n) is 9.55. The third-order valence-electron chi connectivity index (χ3n) is 2.72. The molecule has 0 radical (unpaired) electrons. The van der Waals surface area contributed by atoms with Crippen LogP contribution in [-0.4, -0.2) is 17.6 Å². The summed E-state index contributed by atoms with van der Waals surface area (Å²) in [6, 6.07) is 3.16. The maximum Gasteiger partial charge on any atom is 0.332 e. The van der Waals surface area contributed by atoms with E-state index in [-0.39, 0.29) is 10.9 Å². The quantitative estimate of drug-likeness (QED) is 0.679. The van der Waals surface area contributed by atoms with Crippen LogP contribution in [0.3, 0.4) is 0 Å². The number of hydrogen-bond donors (Lipinski definition) is 0. The van der Waals surface area contributed by atoms with E-state index in [0.29, 0.717) is 0 Å². The Labute approximate surface area is 101 Å². The topological polar surface area (TPSA) is 78.1 Å². The van der Waals surface area contributed by atoms with Crippen molar-refractivity contribution in [3.05, 3.63) is 39.0 Å². The molecule has 0 spiro atoms. The third kappa shape index (κ3) is 1.74. The molecule has 8 heteroatoms. The van der Waals surface area contributed by atoms with Gasteiger partial charge in [0.05, 0.1) is 15.8 Å². The number of nitrogens with zero attached hydrogens (tertiary/aromatic N) is 2. The summed E-state index contributed by atoms with van der Waals surface area (Å²) in [4.78, 5) is 22.8. The first-order valence-electron chi connectivity index (χ1n) is 4.88. The molecule has 0 unspecified atom stereocenters. The van der Waals surface area contributed by atoms with Gasteiger partial charge in [-0.05, 0) is 18.2 Å². The molecule has 2 rings (SSSR count). The van der Waals surface area contributed by atoms with E-state index in [4.69, 9.17) is 0 Å². The fourth-order valence-corrected chi connectivity index (χ4v) is 2.22. The normalized spacial score (nSPS) is 11.9. The highest BCUT2D eigenvalue weighted by Gasteiger charge is 2.15. The molecule has 0 saturated carbocycles. The number of hydrogen-bond acceptors (Lipinski definition) is 4. The van der Waals surface area contributed by atoms with Gasteiger partial charge in [0.2, 0.25) is 0 Å². The lowest BCUT2D eigenvalue weighted by atomic mass is 10.2. The number of fused-ring (bicyclic) bond motifs is 1. The van der Waals surface area contributed by atoms with Crippen LogP contribution in [-0.2, 0) is 24.3 Å². The first kappa shape index (κ1) is 12.5. The summed E-state index contributed by atoms with van der Waals surface area (Å²) in [5.41, 5.74) is -0.961. The number of aryl methyl sites for hydroxylation is 1. The van der Waals surface area contributed by atoms with Gasteiger partial charge < -0.3 is 0 Å². The monoisotopic (exact) mass is 272 g/mol. The van der Waals surface area contributed by atoms with Gasteiger partial charge in [-0.2, -0.15) is 8.42 Å². The van der Waals surface area contributed by atoms with Crippen molar-refractivity contribution in [3.8, 4) is 0 Å². The van der Waals surface area contributed by atoms with E-state index in [0.717, 1.165) is 16.7 Å². The van der Waals surface area contributed by atoms with Gasteiger partial charge in [-0.25, -0.2) is 4.79 Å². The number of benzene rings is 1. The van der Waals surface area contributed by atoms with Crippen LogP contribution in [0.25, 0.3) is 10.9 Å². The maximum atomic E-state index is 12.9. The summed E-state index contributed by atoms with van der Waals surface area (Å²) in [5.74, 6) is 0. The molecule has 1 aromatic carbocycles. The van der Waals surface area contributed by atoms with Crippen LogP contribution in [0.1, 0.15) is 0 Å². The summed E-state index contributed by atoms with van der Waals surface area (Å²) in [5, 5.41) is -0.0293. The van der Waals surface area contributed by atoms with E-state index in [1.54, 1.807) is 0 Å². The van der Waals surface area contributed by atoms with E-state index in [1.165, 1.54) is 24.7 Å². The van der Waals surface area contributed by atoms with Gasteiger partial charge in [0, 0.05) is 14.1 Å². The summed E-state index contributed by atoms with van der Waals surface area (Å²) < 4.78 is 36.4. The van der Waals surface area contributed by atoms with Crippen molar-refractivity contribution in [2.45, 2.75) is 4.90 Å². The predicted molar refractivity (Wildman–Crippen MR) is 62.7 cm³/mol. The SMILES string of the molecule is Cn1c(=O)c2cc(S(=O)(=O)F)ccc2n(C)c1=O. The molecule has 0 bridgehead atoms. The number of rotatable bonds is 1. The van der Waals surface area contributed by atoms with Gasteiger partial charge in [0.15, 0.2) is 0 Å². The highest BCUT2D eigenvalue weighted by Crippen LogP contribution is 2.16. The fourth-order valence-electron chi connectivity index (χ4n) is 1.73. The Morgan fingerprint density at radius 2 is 1.72 bits per heavy atom. The third-order valence-corrected chi connectivity index (χ3v) is 3.54. The molecule has 0 amide bonds. The molecule has 2 aromatic rings. The molecule has 96 valence electrons. The van der Waals surface area contributed by atoms with Crippen LogP contribution in [0.4, 0.5) is 3.89 Å². The van der Waals surface area contributed by atoms with Crippen molar-refractivity contribution in [1.29, 1.82) is 0 Å². The van der Waals surface area contributed by atoms with Crippen LogP contribution in [0, 0.1) is 0 Å².